The minimum atomic E-state index is -0.239. The van der Waals surface area contributed by atoms with E-state index < -0.39 is 0 Å². The van der Waals surface area contributed by atoms with Gasteiger partial charge in [0.25, 0.3) is 6.47 Å². The smallest absolute Gasteiger partial charge is 0.340 e. The molecular weight excluding hydrogens is 352 g/mol. The Bertz CT molecular complexity index is 669. The van der Waals surface area contributed by atoms with Crippen molar-refractivity contribution >= 4 is 24.0 Å². The van der Waals surface area contributed by atoms with Crippen LogP contribution < -0.4 is 5.32 Å². The molecular formula is C19H24N2O4S. The molecule has 1 fully saturated rings. The third-order valence-electron chi connectivity index (χ3n) is 3.94. The Kier molecular flexibility index (Phi) is 8.78. The van der Waals surface area contributed by atoms with Crippen LogP contribution in [0.4, 0.5) is 0 Å². The Hall–Kier alpha value is -2.25. The second-order valence-electron chi connectivity index (χ2n) is 5.77. The summed E-state index contributed by atoms with van der Waals surface area (Å²) in [6, 6.07) is 9.55. The number of aromatic nitrogens is 1. The van der Waals surface area contributed by atoms with Crippen molar-refractivity contribution in [2.45, 2.75) is 32.3 Å². The molecule has 0 bridgehead atoms. The number of ether oxygens (including phenoxy) is 2. The lowest BCUT2D eigenvalue weighted by Crippen LogP contribution is -2.29. The maximum absolute atomic E-state index is 11.7. The summed E-state index contributed by atoms with van der Waals surface area (Å²) >= 11 is 1.34. The number of carbonyl (C=O) groups excluding carboxylic acids is 2. The third-order valence-corrected chi connectivity index (χ3v) is 4.58. The Labute approximate surface area is 157 Å². The molecule has 2 aromatic rings. The summed E-state index contributed by atoms with van der Waals surface area (Å²) in [7, 11) is 0. The Morgan fingerprint density at radius 3 is 2.85 bits per heavy atom. The molecule has 6 nitrogen and oxygen atoms in total. The normalized spacial score (nSPS) is 16.1. The summed E-state index contributed by atoms with van der Waals surface area (Å²) in [5.41, 5.74) is 2.57. The lowest BCUT2D eigenvalue weighted by atomic mass is 9.94. The van der Waals surface area contributed by atoms with Gasteiger partial charge in [-0.2, -0.15) is 4.37 Å². The average Bonchev–Trinajstić information content (AvgIpc) is 3.19. The van der Waals surface area contributed by atoms with E-state index in [0.29, 0.717) is 31.2 Å². The summed E-state index contributed by atoms with van der Waals surface area (Å²) in [4.78, 5) is 21.4. The standard InChI is InChI=1S/C11H16N2O2S.C8H8O2/c1-2-15-11(14)9-7-16-13-10(9)8-4-3-5-12-6-8;9-7-10-6-8-4-2-1-3-5-8/h7-8,12H,2-6H2,1H3;1-5,7H,6H2. The maximum atomic E-state index is 11.7. The number of carbonyl (C=O) groups is 2. The molecule has 1 unspecified atom stereocenters. The van der Waals surface area contributed by atoms with Crippen LogP contribution in [0.5, 0.6) is 0 Å². The van der Waals surface area contributed by atoms with E-state index in [-0.39, 0.29) is 5.97 Å². The molecule has 0 saturated carbocycles. The molecule has 1 saturated heterocycles. The van der Waals surface area contributed by atoms with Crippen molar-refractivity contribution in [2.75, 3.05) is 19.7 Å². The van der Waals surface area contributed by atoms with Crippen molar-refractivity contribution in [1.82, 2.24) is 9.69 Å². The van der Waals surface area contributed by atoms with Gasteiger partial charge in [-0.1, -0.05) is 30.3 Å². The van der Waals surface area contributed by atoms with Crippen LogP contribution in [0.2, 0.25) is 0 Å². The highest BCUT2D eigenvalue weighted by atomic mass is 32.1. The summed E-state index contributed by atoms with van der Waals surface area (Å²) in [5, 5.41) is 5.13. The molecule has 1 atom stereocenters. The second kappa shape index (κ2) is 11.4. The van der Waals surface area contributed by atoms with E-state index in [1.165, 1.54) is 11.5 Å². The van der Waals surface area contributed by atoms with Gasteiger partial charge in [-0.15, -0.1) is 0 Å². The van der Waals surface area contributed by atoms with Crippen LogP contribution in [-0.4, -0.2) is 36.5 Å². The first-order valence-electron chi connectivity index (χ1n) is 8.67. The van der Waals surface area contributed by atoms with Crippen molar-refractivity contribution in [3.63, 3.8) is 0 Å². The molecule has 0 aliphatic carbocycles. The second-order valence-corrected chi connectivity index (χ2v) is 6.40. The number of benzene rings is 1. The number of nitrogens with zero attached hydrogens (tertiary/aromatic N) is 1. The fourth-order valence-corrected chi connectivity index (χ4v) is 3.43. The lowest BCUT2D eigenvalue weighted by Gasteiger charge is -2.21. The molecule has 0 amide bonds. The molecule has 1 aromatic heterocycles. The van der Waals surface area contributed by atoms with Crippen LogP contribution in [0.1, 0.15) is 47.3 Å². The van der Waals surface area contributed by atoms with Crippen LogP contribution >= 0.6 is 11.5 Å². The van der Waals surface area contributed by atoms with E-state index >= 15 is 0 Å². The van der Waals surface area contributed by atoms with Gasteiger partial charge < -0.3 is 14.8 Å². The molecule has 140 valence electrons. The van der Waals surface area contributed by atoms with E-state index in [1.807, 2.05) is 37.3 Å². The largest absolute Gasteiger partial charge is 0.463 e. The predicted molar refractivity (Wildman–Crippen MR) is 100 cm³/mol. The van der Waals surface area contributed by atoms with Crippen LogP contribution in [-0.2, 0) is 20.9 Å². The van der Waals surface area contributed by atoms with Crippen molar-refractivity contribution in [2.24, 2.45) is 0 Å². The number of rotatable bonds is 6. The molecule has 2 heterocycles. The van der Waals surface area contributed by atoms with Gasteiger partial charge in [0.15, 0.2) is 0 Å². The molecule has 26 heavy (non-hydrogen) atoms. The van der Waals surface area contributed by atoms with Gasteiger partial charge in [0.05, 0.1) is 17.9 Å². The number of esters is 1. The zero-order valence-electron chi connectivity index (χ0n) is 14.8. The molecule has 1 N–H and O–H groups in total. The van der Waals surface area contributed by atoms with Gasteiger partial charge in [-0.3, -0.25) is 4.79 Å². The minimum Gasteiger partial charge on any atom is -0.463 e. The van der Waals surface area contributed by atoms with E-state index in [1.54, 1.807) is 5.38 Å². The monoisotopic (exact) mass is 376 g/mol. The summed E-state index contributed by atoms with van der Waals surface area (Å²) < 4.78 is 13.9. The van der Waals surface area contributed by atoms with Gasteiger partial charge in [0, 0.05) is 17.8 Å². The molecule has 7 heteroatoms. The fourth-order valence-electron chi connectivity index (χ4n) is 2.69. The molecule has 1 aliphatic rings. The number of piperidine rings is 1. The SMILES string of the molecule is CCOC(=O)c1csnc1C1CCCNC1.O=COCc1ccccc1. The van der Waals surface area contributed by atoms with Gasteiger partial charge >= 0.3 is 5.97 Å². The number of hydrogen-bond donors (Lipinski definition) is 1. The van der Waals surface area contributed by atoms with Crippen LogP contribution in [0.3, 0.4) is 0 Å². The fraction of sp³-hybridized carbons (Fsp3) is 0.421. The lowest BCUT2D eigenvalue weighted by molar-refractivity contribution is -0.129. The molecule has 3 rings (SSSR count). The van der Waals surface area contributed by atoms with E-state index in [9.17, 15) is 9.59 Å². The highest BCUT2D eigenvalue weighted by Crippen LogP contribution is 2.26. The van der Waals surface area contributed by atoms with Crippen LogP contribution in [0.25, 0.3) is 0 Å². The zero-order valence-corrected chi connectivity index (χ0v) is 15.7. The Morgan fingerprint density at radius 2 is 2.19 bits per heavy atom. The molecule has 1 aromatic carbocycles. The first-order valence-corrected chi connectivity index (χ1v) is 9.51. The average molecular weight is 376 g/mol. The molecule has 0 radical (unpaired) electrons. The van der Waals surface area contributed by atoms with Crippen molar-refractivity contribution < 1.29 is 19.1 Å². The van der Waals surface area contributed by atoms with Crippen molar-refractivity contribution in [3.8, 4) is 0 Å². The van der Waals surface area contributed by atoms with Gasteiger partial charge in [0.1, 0.15) is 6.61 Å². The van der Waals surface area contributed by atoms with E-state index in [2.05, 4.69) is 14.4 Å². The number of hydrogen-bond acceptors (Lipinski definition) is 7. The first kappa shape index (κ1) is 20.1. The van der Waals surface area contributed by atoms with Gasteiger partial charge in [-0.05, 0) is 43.4 Å². The quantitative estimate of drug-likeness (QED) is 0.616. The third kappa shape index (κ3) is 6.24. The highest BCUT2D eigenvalue weighted by molar-refractivity contribution is 7.03. The van der Waals surface area contributed by atoms with E-state index in [0.717, 1.165) is 37.2 Å². The first-order chi connectivity index (χ1) is 12.8. The van der Waals surface area contributed by atoms with Crippen LogP contribution in [0, 0.1) is 0 Å². The van der Waals surface area contributed by atoms with Crippen LogP contribution in [0.15, 0.2) is 35.7 Å². The summed E-state index contributed by atoms with van der Waals surface area (Å²) in [5.74, 6) is 0.122. The topological polar surface area (TPSA) is 77.5 Å². The summed E-state index contributed by atoms with van der Waals surface area (Å²) in [6.07, 6.45) is 2.24. The van der Waals surface area contributed by atoms with E-state index in [4.69, 9.17) is 4.74 Å². The van der Waals surface area contributed by atoms with Gasteiger partial charge in [0.2, 0.25) is 0 Å². The summed E-state index contributed by atoms with van der Waals surface area (Å²) in [6.45, 7) is 5.03. The minimum absolute atomic E-state index is 0.239. The molecule has 1 aliphatic heterocycles. The number of nitrogens with one attached hydrogen (secondary N) is 1. The zero-order chi connectivity index (χ0) is 18.6. The van der Waals surface area contributed by atoms with Gasteiger partial charge in [-0.25, -0.2) is 4.79 Å². The highest BCUT2D eigenvalue weighted by Gasteiger charge is 2.24. The molecule has 0 spiro atoms. The predicted octanol–water partition coefficient (Wildman–Crippen LogP) is 3.15. The van der Waals surface area contributed by atoms with Crippen molar-refractivity contribution in [1.29, 1.82) is 0 Å². The van der Waals surface area contributed by atoms with Crippen molar-refractivity contribution in [3.05, 3.63) is 52.5 Å². The Balaban J connectivity index is 0.000000209. The Morgan fingerprint density at radius 1 is 1.38 bits per heavy atom. The maximum Gasteiger partial charge on any atom is 0.340 e.